The fourth-order valence-electron chi connectivity index (χ4n) is 5.97. The van der Waals surface area contributed by atoms with Crippen LogP contribution in [0.1, 0.15) is 48.8 Å². The molecule has 0 spiro atoms. The zero-order valence-corrected chi connectivity index (χ0v) is 29.2. The molecule has 0 aliphatic carbocycles. The van der Waals surface area contributed by atoms with Crippen LogP contribution in [-0.2, 0) is 33.9 Å². The molecule has 0 saturated heterocycles. The Morgan fingerprint density at radius 2 is 1.73 bits per heavy atom. The largest absolute Gasteiger partial charge is 0.361 e. The van der Waals surface area contributed by atoms with Gasteiger partial charge in [0.1, 0.15) is 17.1 Å². The number of hydrogen-bond donors (Lipinski definition) is 6. The van der Waals surface area contributed by atoms with Crippen LogP contribution in [0.5, 0.6) is 0 Å². The second kappa shape index (κ2) is 17.6. The molecule has 0 unspecified atom stereocenters. The van der Waals surface area contributed by atoms with Gasteiger partial charge in [-0.15, -0.1) is 0 Å². The van der Waals surface area contributed by atoms with Crippen molar-refractivity contribution in [3.8, 4) is 0 Å². The van der Waals surface area contributed by atoms with E-state index < -0.39 is 18.1 Å². The van der Waals surface area contributed by atoms with Crippen molar-refractivity contribution in [2.24, 2.45) is 11.5 Å². The molecule has 1 aliphatic rings. The van der Waals surface area contributed by atoms with Gasteiger partial charge in [0.15, 0.2) is 0 Å². The molecule has 1 aromatic carbocycles. The summed E-state index contributed by atoms with van der Waals surface area (Å²) in [5, 5.41) is 11.5. The molecule has 0 bridgehead atoms. The average molecular weight is 706 g/mol. The minimum atomic E-state index is -0.895. The zero-order valence-electron chi connectivity index (χ0n) is 27.6. The molecule has 3 aromatic heterocycles. The Morgan fingerprint density at radius 3 is 2.55 bits per heavy atom. The fraction of sp³-hybridized carbons (Fsp3) is 0.400. The van der Waals surface area contributed by atoms with Crippen molar-refractivity contribution in [3.63, 3.8) is 0 Å². The number of rotatable bonds is 9. The normalized spacial score (nSPS) is 19.6. The van der Waals surface area contributed by atoms with Crippen LogP contribution in [0.3, 0.4) is 0 Å². The number of carbonyl (C=O) groups is 3. The third-order valence-electron chi connectivity index (χ3n) is 8.75. The van der Waals surface area contributed by atoms with Crippen molar-refractivity contribution in [1.82, 2.24) is 35.8 Å². The smallest absolute Gasteiger partial charge is 0.245 e. The highest BCUT2D eigenvalue weighted by Gasteiger charge is 2.34. The SMILES string of the molecule is CN1C(=O)[C@H](CCCCN)NC(=O)[C@H](CCCN)NCc2cccnc2Sc2c(Cl)cncc2CNC(=O)[C@@H]1Cc1c[nH]c2ccccc12. The number of pyridine rings is 2. The molecule has 4 heterocycles. The van der Waals surface area contributed by atoms with Gasteiger partial charge in [-0.25, -0.2) is 4.98 Å². The van der Waals surface area contributed by atoms with Crippen molar-refractivity contribution < 1.29 is 14.4 Å². The number of unbranched alkanes of at least 4 members (excludes halogenated alkanes) is 1. The highest BCUT2D eigenvalue weighted by Crippen LogP contribution is 2.36. The average Bonchev–Trinajstić information content (AvgIpc) is 3.52. The molecule has 260 valence electrons. The van der Waals surface area contributed by atoms with Crippen molar-refractivity contribution >= 4 is 52.0 Å². The molecule has 0 fully saturated rings. The summed E-state index contributed by atoms with van der Waals surface area (Å²) < 4.78 is 0. The van der Waals surface area contributed by atoms with Crippen LogP contribution < -0.4 is 27.4 Å². The monoisotopic (exact) mass is 705 g/mol. The number of halogens is 1. The topological polar surface area (TPSA) is 184 Å². The summed E-state index contributed by atoms with van der Waals surface area (Å²) in [5.41, 5.74) is 15.0. The molecule has 3 atom stereocenters. The maximum atomic E-state index is 14.3. The van der Waals surface area contributed by atoms with Gasteiger partial charge in [0, 0.05) is 72.7 Å². The van der Waals surface area contributed by atoms with Crippen molar-refractivity contribution in [3.05, 3.63) is 82.9 Å². The molecule has 0 radical (unpaired) electrons. The lowest BCUT2D eigenvalue weighted by atomic mass is 10.0. The van der Waals surface area contributed by atoms with Gasteiger partial charge < -0.3 is 37.3 Å². The number of benzene rings is 1. The summed E-state index contributed by atoms with van der Waals surface area (Å²) in [6.45, 7) is 1.34. The second-order valence-electron chi connectivity index (χ2n) is 12.1. The van der Waals surface area contributed by atoms with Gasteiger partial charge in [-0.3, -0.25) is 19.4 Å². The first kappa shape index (κ1) is 36.3. The van der Waals surface area contributed by atoms with Crippen LogP contribution in [0.25, 0.3) is 10.9 Å². The van der Waals surface area contributed by atoms with Crippen LogP contribution in [0.4, 0.5) is 0 Å². The highest BCUT2D eigenvalue weighted by atomic mass is 35.5. The van der Waals surface area contributed by atoms with Crippen molar-refractivity contribution in [1.29, 1.82) is 0 Å². The maximum absolute atomic E-state index is 14.3. The van der Waals surface area contributed by atoms with E-state index in [1.807, 2.05) is 42.6 Å². The molecule has 4 aromatic rings. The number of nitrogens with one attached hydrogen (secondary N) is 4. The number of likely N-dealkylation sites (N-methyl/N-ethyl adjacent to an activating group) is 1. The standard InChI is InChI=1S/C35H44ClN9O3S/c1-45-30(16-23-19-41-27-10-3-2-9-25(23)27)33(47)43-20-24-17-39-21-26(36)31(24)49-34-22(8-7-15-40-34)18-42-28(12-6-14-38)32(46)44-29(35(45)48)11-4-5-13-37/h2-3,7-10,15,17,19,21,28-30,41-42H,4-6,11-14,16,18,20,37-38H2,1H3,(H,43,47)(H,44,46)/t28-,29-,30-/m0/s1. The zero-order chi connectivity index (χ0) is 34.8. The number of aromatic nitrogens is 3. The minimum absolute atomic E-state index is 0.124. The molecule has 0 saturated carbocycles. The van der Waals surface area contributed by atoms with Crippen LogP contribution in [-0.4, -0.2) is 75.8 Å². The number of nitrogens with zero attached hydrogens (tertiary/aromatic N) is 3. The van der Waals surface area contributed by atoms with E-state index in [1.165, 1.54) is 16.7 Å². The molecule has 49 heavy (non-hydrogen) atoms. The predicted molar refractivity (Wildman–Crippen MR) is 192 cm³/mol. The number of amides is 3. The lowest BCUT2D eigenvalue weighted by molar-refractivity contribution is -0.142. The van der Waals surface area contributed by atoms with Gasteiger partial charge in [0.2, 0.25) is 17.7 Å². The summed E-state index contributed by atoms with van der Waals surface area (Å²) in [5.74, 6) is -1.02. The molecule has 12 nitrogen and oxygen atoms in total. The second-order valence-corrected chi connectivity index (χ2v) is 13.5. The number of H-pyrrole nitrogens is 1. The molecular formula is C35H44ClN9O3S. The van der Waals surface area contributed by atoms with Gasteiger partial charge in [-0.05, 0) is 68.5 Å². The van der Waals surface area contributed by atoms with E-state index in [4.69, 9.17) is 23.1 Å². The summed E-state index contributed by atoms with van der Waals surface area (Å²) in [7, 11) is 1.62. The Labute approximate surface area is 295 Å². The quantitative estimate of drug-likeness (QED) is 0.142. The van der Waals surface area contributed by atoms with E-state index >= 15 is 0 Å². The molecule has 1 aliphatic heterocycles. The number of carbonyl (C=O) groups excluding carboxylic acids is 3. The van der Waals surface area contributed by atoms with Crippen molar-refractivity contribution in [2.75, 3.05) is 20.1 Å². The number of fused-ring (bicyclic) bond motifs is 3. The van der Waals surface area contributed by atoms with E-state index in [1.54, 1.807) is 25.6 Å². The lowest BCUT2D eigenvalue weighted by Crippen LogP contribution is -2.57. The van der Waals surface area contributed by atoms with E-state index in [2.05, 4.69) is 30.9 Å². The minimum Gasteiger partial charge on any atom is -0.361 e. The number of para-hydroxylation sites is 1. The lowest BCUT2D eigenvalue weighted by Gasteiger charge is -2.32. The van der Waals surface area contributed by atoms with Crippen LogP contribution in [0, 0.1) is 0 Å². The van der Waals surface area contributed by atoms with E-state index in [0.717, 1.165) is 22.0 Å². The van der Waals surface area contributed by atoms with Crippen LogP contribution in [0.15, 0.2) is 71.1 Å². The van der Waals surface area contributed by atoms with E-state index in [-0.39, 0.29) is 30.7 Å². The van der Waals surface area contributed by atoms with Gasteiger partial charge in [-0.2, -0.15) is 0 Å². The Hall–Kier alpha value is -4.01. The number of nitrogens with two attached hydrogens (primary N) is 2. The Balaban J connectivity index is 1.55. The molecule has 8 N–H and O–H groups in total. The molecule has 3 amide bonds. The first-order valence-corrected chi connectivity index (χ1v) is 17.8. The van der Waals surface area contributed by atoms with Gasteiger partial charge >= 0.3 is 0 Å². The molecule has 14 heteroatoms. The molecule has 5 rings (SSSR count). The van der Waals surface area contributed by atoms with Crippen LogP contribution in [0.2, 0.25) is 5.02 Å². The van der Waals surface area contributed by atoms with Gasteiger partial charge in [-0.1, -0.05) is 47.6 Å². The van der Waals surface area contributed by atoms with Crippen LogP contribution >= 0.6 is 23.4 Å². The third kappa shape index (κ3) is 9.17. The predicted octanol–water partition coefficient (Wildman–Crippen LogP) is 3.27. The summed E-state index contributed by atoms with van der Waals surface area (Å²) >= 11 is 8.06. The van der Waals surface area contributed by atoms with Gasteiger partial charge in [0.05, 0.1) is 11.1 Å². The third-order valence-corrected chi connectivity index (χ3v) is 10.4. The molecular weight excluding hydrogens is 662 g/mol. The maximum Gasteiger partial charge on any atom is 0.245 e. The number of aromatic amines is 1. The summed E-state index contributed by atoms with van der Waals surface area (Å²) in [4.78, 5) is 56.7. The Kier molecular flexibility index (Phi) is 13.0. The van der Waals surface area contributed by atoms with Gasteiger partial charge in [0.25, 0.3) is 0 Å². The first-order chi connectivity index (χ1) is 23.8. The van der Waals surface area contributed by atoms with Crippen molar-refractivity contribution in [2.45, 2.75) is 79.7 Å². The summed E-state index contributed by atoms with van der Waals surface area (Å²) in [6.07, 6.45) is 9.81. The fourth-order valence-corrected chi connectivity index (χ4v) is 7.25. The first-order valence-electron chi connectivity index (χ1n) is 16.6. The Morgan fingerprint density at radius 1 is 0.939 bits per heavy atom. The van der Waals surface area contributed by atoms with E-state index in [0.29, 0.717) is 72.2 Å². The number of hydrogen-bond acceptors (Lipinski definition) is 9. The summed E-state index contributed by atoms with van der Waals surface area (Å²) in [6, 6.07) is 9.21. The highest BCUT2D eigenvalue weighted by molar-refractivity contribution is 7.99. The Bertz CT molecular complexity index is 1750. The van der Waals surface area contributed by atoms with E-state index in [9.17, 15) is 14.4 Å².